The molecule has 0 saturated carbocycles. The third-order valence-electron chi connectivity index (χ3n) is 2.15. The molecule has 84 valence electrons. The van der Waals surface area contributed by atoms with Crippen molar-refractivity contribution < 1.29 is 9.50 Å². The maximum absolute atomic E-state index is 13.0. The second-order valence-electron chi connectivity index (χ2n) is 3.21. The quantitative estimate of drug-likeness (QED) is 0.831. The van der Waals surface area contributed by atoms with Gasteiger partial charge in [0.1, 0.15) is 11.9 Å². The van der Waals surface area contributed by atoms with E-state index in [-0.39, 0.29) is 5.82 Å². The molecule has 1 aromatic heterocycles. The topological polar surface area (TPSA) is 20.2 Å². The van der Waals surface area contributed by atoms with Crippen molar-refractivity contribution >= 4 is 43.2 Å². The number of aliphatic hydroxyl groups excluding tert-OH is 1. The van der Waals surface area contributed by atoms with Crippen molar-refractivity contribution in [1.82, 2.24) is 0 Å². The predicted octanol–water partition coefficient (Wildman–Crippen LogP) is 4.49. The van der Waals surface area contributed by atoms with Gasteiger partial charge in [-0.25, -0.2) is 4.39 Å². The Labute approximate surface area is 113 Å². The molecule has 0 radical (unpaired) electrons. The van der Waals surface area contributed by atoms with Crippen LogP contribution in [0.3, 0.4) is 0 Å². The summed E-state index contributed by atoms with van der Waals surface area (Å²) in [7, 11) is 0. The van der Waals surface area contributed by atoms with Gasteiger partial charge < -0.3 is 5.11 Å². The lowest BCUT2D eigenvalue weighted by atomic mass is 10.1. The van der Waals surface area contributed by atoms with E-state index in [4.69, 9.17) is 0 Å². The smallest absolute Gasteiger partial charge is 0.137 e. The number of rotatable bonds is 2. The first-order chi connectivity index (χ1) is 7.59. The van der Waals surface area contributed by atoms with Gasteiger partial charge in [-0.05, 0) is 61.0 Å². The molecule has 1 aromatic carbocycles. The molecule has 0 saturated heterocycles. The average Bonchev–Trinajstić information content (AvgIpc) is 2.67. The van der Waals surface area contributed by atoms with E-state index in [0.717, 1.165) is 9.35 Å². The minimum atomic E-state index is -0.730. The molecule has 0 spiro atoms. The molecule has 1 unspecified atom stereocenters. The van der Waals surface area contributed by atoms with Gasteiger partial charge >= 0.3 is 0 Å². The zero-order valence-electron chi connectivity index (χ0n) is 7.95. The van der Waals surface area contributed by atoms with Gasteiger partial charge in [0.05, 0.1) is 9.35 Å². The van der Waals surface area contributed by atoms with Crippen LogP contribution >= 0.6 is 43.2 Å². The Morgan fingerprint density at radius 2 is 1.94 bits per heavy atom. The Bertz CT molecular complexity index is 512. The van der Waals surface area contributed by atoms with E-state index in [2.05, 4.69) is 31.9 Å². The highest BCUT2D eigenvalue weighted by Crippen LogP contribution is 2.34. The number of hydrogen-bond acceptors (Lipinski definition) is 2. The summed E-state index contributed by atoms with van der Waals surface area (Å²) in [6.45, 7) is 0. The van der Waals surface area contributed by atoms with Crippen LogP contribution in [0.25, 0.3) is 0 Å². The highest BCUT2D eigenvalue weighted by molar-refractivity contribution is 9.10. The Kier molecular flexibility index (Phi) is 3.79. The largest absolute Gasteiger partial charge is 0.383 e. The number of aliphatic hydroxyl groups is 1. The third kappa shape index (κ3) is 2.37. The fourth-order valence-electron chi connectivity index (χ4n) is 1.33. The zero-order chi connectivity index (χ0) is 11.7. The van der Waals surface area contributed by atoms with E-state index in [1.165, 1.54) is 17.4 Å². The fourth-order valence-corrected chi connectivity index (χ4v) is 3.33. The standard InChI is InChI=1S/C11H7Br2FOS/c12-7-3-4-16-11(7)10(15)6-1-2-9(14)8(13)5-6/h1-5,10,15H. The minimum Gasteiger partial charge on any atom is -0.383 e. The molecule has 0 amide bonds. The van der Waals surface area contributed by atoms with Crippen molar-refractivity contribution in [1.29, 1.82) is 0 Å². The lowest BCUT2D eigenvalue weighted by Gasteiger charge is -2.10. The van der Waals surface area contributed by atoms with E-state index < -0.39 is 6.10 Å². The van der Waals surface area contributed by atoms with Gasteiger partial charge in [-0.3, -0.25) is 0 Å². The Balaban J connectivity index is 2.38. The maximum Gasteiger partial charge on any atom is 0.137 e. The van der Waals surface area contributed by atoms with Crippen LogP contribution in [0.15, 0.2) is 38.6 Å². The van der Waals surface area contributed by atoms with Gasteiger partial charge in [-0.15, -0.1) is 11.3 Å². The lowest BCUT2D eigenvalue weighted by molar-refractivity contribution is 0.223. The van der Waals surface area contributed by atoms with E-state index in [1.54, 1.807) is 12.1 Å². The van der Waals surface area contributed by atoms with Crippen molar-refractivity contribution in [3.63, 3.8) is 0 Å². The molecule has 16 heavy (non-hydrogen) atoms. The second-order valence-corrected chi connectivity index (χ2v) is 5.87. The number of thiophene rings is 1. The third-order valence-corrected chi connectivity index (χ3v) is 4.68. The van der Waals surface area contributed by atoms with E-state index in [9.17, 15) is 9.50 Å². The van der Waals surface area contributed by atoms with Crippen molar-refractivity contribution in [3.8, 4) is 0 Å². The Morgan fingerprint density at radius 1 is 1.19 bits per heavy atom. The van der Waals surface area contributed by atoms with Crippen LogP contribution in [0, 0.1) is 5.82 Å². The van der Waals surface area contributed by atoms with Crippen LogP contribution in [0.4, 0.5) is 4.39 Å². The predicted molar refractivity (Wildman–Crippen MR) is 70.2 cm³/mol. The van der Waals surface area contributed by atoms with Crippen molar-refractivity contribution in [2.75, 3.05) is 0 Å². The molecule has 0 aliphatic carbocycles. The van der Waals surface area contributed by atoms with Gasteiger partial charge in [0.25, 0.3) is 0 Å². The summed E-state index contributed by atoms with van der Waals surface area (Å²) in [5, 5.41) is 12.0. The number of hydrogen-bond donors (Lipinski definition) is 1. The summed E-state index contributed by atoms with van der Waals surface area (Å²) in [5.74, 6) is -0.332. The molecule has 2 rings (SSSR count). The zero-order valence-corrected chi connectivity index (χ0v) is 11.9. The van der Waals surface area contributed by atoms with Gasteiger partial charge in [0.2, 0.25) is 0 Å². The number of benzene rings is 1. The molecule has 0 fully saturated rings. The van der Waals surface area contributed by atoms with Crippen LogP contribution in [0.5, 0.6) is 0 Å². The van der Waals surface area contributed by atoms with Gasteiger partial charge in [0.15, 0.2) is 0 Å². The summed E-state index contributed by atoms with van der Waals surface area (Å²) in [6, 6.07) is 6.38. The van der Waals surface area contributed by atoms with Crippen LogP contribution in [-0.4, -0.2) is 5.11 Å². The monoisotopic (exact) mass is 364 g/mol. The Morgan fingerprint density at radius 3 is 2.50 bits per heavy atom. The van der Waals surface area contributed by atoms with Crippen LogP contribution in [0.2, 0.25) is 0 Å². The SMILES string of the molecule is OC(c1ccc(F)c(Br)c1)c1sccc1Br. The summed E-state index contributed by atoms with van der Waals surface area (Å²) >= 11 is 7.92. The second kappa shape index (κ2) is 4.96. The van der Waals surface area contributed by atoms with Gasteiger partial charge in [-0.2, -0.15) is 0 Å². The first-order valence-electron chi connectivity index (χ1n) is 4.45. The van der Waals surface area contributed by atoms with Crippen molar-refractivity contribution in [2.45, 2.75) is 6.10 Å². The molecule has 5 heteroatoms. The minimum absolute atomic E-state index is 0.332. The molecular formula is C11H7Br2FOS. The van der Waals surface area contributed by atoms with E-state index >= 15 is 0 Å². The summed E-state index contributed by atoms with van der Waals surface area (Å²) < 4.78 is 14.3. The van der Waals surface area contributed by atoms with Crippen molar-refractivity contribution in [2.24, 2.45) is 0 Å². The molecule has 0 bridgehead atoms. The molecule has 1 atom stereocenters. The Hall–Kier alpha value is -0.230. The van der Waals surface area contributed by atoms with E-state index in [0.29, 0.717) is 10.0 Å². The first kappa shape index (κ1) is 12.2. The molecule has 1 heterocycles. The molecule has 0 aliphatic heterocycles. The van der Waals surface area contributed by atoms with E-state index in [1.807, 2.05) is 11.4 Å². The summed E-state index contributed by atoms with van der Waals surface area (Å²) in [4.78, 5) is 0.818. The normalized spacial score (nSPS) is 12.8. The highest BCUT2D eigenvalue weighted by atomic mass is 79.9. The average molecular weight is 366 g/mol. The lowest BCUT2D eigenvalue weighted by Crippen LogP contribution is -1.98. The van der Waals surface area contributed by atoms with Crippen LogP contribution < -0.4 is 0 Å². The summed E-state index contributed by atoms with van der Waals surface area (Å²) in [5.41, 5.74) is 0.663. The molecular weight excluding hydrogens is 359 g/mol. The van der Waals surface area contributed by atoms with Crippen molar-refractivity contribution in [3.05, 3.63) is 54.8 Å². The maximum atomic E-state index is 13.0. The fraction of sp³-hybridized carbons (Fsp3) is 0.0909. The molecule has 0 aliphatic rings. The highest BCUT2D eigenvalue weighted by Gasteiger charge is 2.16. The van der Waals surface area contributed by atoms with Crippen LogP contribution in [-0.2, 0) is 0 Å². The number of halogens is 3. The molecule has 2 aromatic rings. The summed E-state index contributed by atoms with van der Waals surface area (Å²) in [6.07, 6.45) is -0.730. The van der Waals surface area contributed by atoms with Crippen LogP contribution in [0.1, 0.15) is 16.5 Å². The first-order valence-corrected chi connectivity index (χ1v) is 6.92. The van der Waals surface area contributed by atoms with Gasteiger partial charge in [-0.1, -0.05) is 6.07 Å². The molecule has 1 N–H and O–H groups in total. The van der Waals surface area contributed by atoms with Gasteiger partial charge in [0, 0.05) is 4.47 Å². The molecule has 1 nitrogen and oxygen atoms in total.